The SMILES string of the molecule is CC1c2cc(-c3c[nH]c4cc(F)ccc34)ccc2S(=O)(=O)N1CCC1=NNC(O)O1. The van der Waals surface area contributed by atoms with Crippen LogP contribution in [-0.2, 0) is 14.8 Å². The van der Waals surface area contributed by atoms with Crippen molar-refractivity contribution in [2.75, 3.05) is 6.54 Å². The fraction of sp³-hybridized carbons (Fsp3) is 0.250. The van der Waals surface area contributed by atoms with Gasteiger partial charge in [-0.2, -0.15) is 4.31 Å². The number of hydrogen-bond donors (Lipinski definition) is 3. The number of nitrogens with one attached hydrogen (secondary N) is 2. The van der Waals surface area contributed by atoms with Gasteiger partial charge in [-0.15, -0.1) is 5.10 Å². The van der Waals surface area contributed by atoms with Crippen molar-refractivity contribution in [2.45, 2.75) is 30.7 Å². The largest absolute Gasteiger partial charge is 0.431 e. The lowest BCUT2D eigenvalue weighted by atomic mass is 9.99. The molecule has 3 heterocycles. The van der Waals surface area contributed by atoms with Crippen molar-refractivity contribution in [3.05, 3.63) is 54.0 Å². The van der Waals surface area contributed by atoms with E-state index in [9.17, 15) is 17.9 Å². The highest BCUT2D eigenvalue weighted by atomic mass is 32.2. The Morgan fingerprint density at radius 1 is 1.27 bits per heavy atom. The van der Waals surface area contributed by atoms with Crippen LogP contribution in [0.3, 0.4) is 0 Å². The Kier molecular flexibility index (Phi) is 4.31. The summed E-state index contributed by atoms with van der Waals surface area (Å²) >= 11 is 0. The number of halogens is 1. The molecule has 30 heavy (non-hydrogen) atoms. The number of aliphatic hydroxyl groups excluding tert-OH is 1. The molecule has 2 aliphatic heterocycles. The molecule has 0 fully saturated rings. The van der Waals surface area contributed by atoms with E-state index in [-0.39, 0.29) is 35.6 Å². The summed E-state index contributed by atoms with van der Waals surface area (Å²) in [5, 5.41) is 14.0. The molecule has 0 spiro atoms. The minimum atomic E-state index is -3.65. The van der Waals surface area contributed by atoms with Crippen molar-refractivity contribution >= 4 is 26.8 Å². The van der Waals surface area contributed by atoms with Crippen LogP contribution in [0.4, 0.5) is 4.39 Å². The standard InChI is InChI=1S/C20H19FN4O4S/c1-11-15-8-12(16-10-22-17-9-13(21)3-4-14(16)17)2-5-18(15)30(27,28)25(11)7-6-19-23-24-20(26)29-19/h2-5,8-11,20,22,24,26H,6-7H2,1H3. The molecule has 2 aromatic carbocycles. The highest BCUT2D eigenvalue weighted by Crippen LogP contribution is 2.42. The zero-order valence-corrected chi connectivity index (χ0v) is 16.8. The number of aliphatic hydroxyl groups is 1. The van der Waals surface area contributed by atoms with Crippen LogP contribution in [0.2, 0.25) is 0 Å². The van der Waals surface area contributed by atoms with Crippen molar-refractivity contribution in [3.8, 4) is 11.1 Å². The summed E-state index contributed by atoms with van der Waals surface area (Å²) in [6, 6.07) is 9.44. The van der Waals surface area contributed by atoms with Crippen molar-refractivity contribution in [2.24, 2.45) is 5.10 Å². The third-order valence-corrected chi connectivity index (χ3v) is 7.57. The first-order chi connectivity index (χ1) is 14.3. The summed E-state index contributed by atoms with van der Waals surface area (Å²) in [5.41, 5.74) is 5.48. The predicted octanol–water partition coefficient (Wildman–Crippen LogP) is 2.64. The third kappa shape index (κ3) is 2.95. The van der Waals surface area contributed by atoms with Gasteiger partial charge in [0.1, 0.15) is 5.82 Å². The molecule has 156 valence electrons. The molecule has 5 rings (SSSR count). The highest BCUT2D eigenvalue weighted by Gasteiger charge is 2.40. The van der Waals surface area contributed by atoms with E-state index in [1.807, 2.05) is 13.0 Å². The van der Waals surface area contributed by atoms with E-state index in [4.69, 9.17) is 4.74 Å². The number of hydrogen-bond acceptors (Lipinski definition) is 6. The van der Waals surface area contributed by atoms with Crippen LogP contribution in [0.25, 0.3) is 22.0 Å². The molecule has 0 saturated carbocycles. The van der Waals surface area contributed by atoms with Gasteiger partial charge in [0.15, 0.2) is 0 Å². The molecule has 8 nitrogen and oxygen atoms in total. The van der Waals surface area contributed by atoms with Crippen LogP contribution in [0.15, 0.2) is 52.6 Å². The van der Waals surface area contributed by atoms with Gasteiger partial charge in [-0.1, -0.05) is 6.07 Å². The molecule has 0 amide bonds. The van der Waals surface area contributed by atoms with Crippen molar-refractivity contribution in [1.82, 2.24) is 14.7 Å². The lowest BCUT2D eigenvalue weighted by Crippen LogP contribution is -2.29. The number of fused-ring (bicyclic) bond motifs is 2. The van der Waals surface area contributed by atoms with Gasteiger partial charge in [-0.3, -0.25) is 0 Å². The average molecular weight is 430 g/mol. The normalized spacial score (nSPS) is 22.6. The Labute approximate surface area is 172 Å². The second-order valence-corrected chi connectivity index (χ2v) is 9.15. The molecule has 0 aliphatic carbocycles. The zero-order valence-electron chi connectivity index (χ0n) is 16.0. The van der Waals surface area contributed by atoms with Gasteiger partial charge >= 0.3 is 0 Å². The van der Waals surface area contributed by atoms with E-state index >= 15 is 0 Å². The van der Waals surface area contributed by atoms with Gasteiger partial charge in [0.2, 0.25) is 15.9 Å². The van der Waals surface area contributed by atoms with Gasteiger partial charge in [0.25, 0.3) is 6.41 Å². The molecule has 3 aromatic rings. The van der Waals surface area contributed by atoms with E-state index in [1.165, 1.54) is 16.4 Å². The molecule has 2 atom stereocenters. The first-order valence-corrected chi connectivity index (χ1v) is 10.9. The fourth-order valence-electron chi connectivity index (χ4n) is 4.05. The second-order valence-electron chi connectivity index (χ2n) is 7.29. The molecular formula is C20H19FN4O4S. The number of ether oxygens (including phenoxy) is 1. The zero-order chi connectivity index (χ0) is 21.0. The Balaban J connectivity index is 1.47. The first kappa shape index (κ1) is 19.0. The van der Waals surface area contributed by atoms with Crippen LogP contribution in [0.1, 0.15) is 24.9 Å². The molecule has 10 heteroatoms. The minimum Gasteiger partial charge on any atom is -0.431 e. The molecule has 0 bridgehead atoms. The predicted molar refractivity (Wildman–Crippen MR) is 108 cm³/mol. The third-order valence-electron chi connectivity index (χ3n) is 5.53. The number of rotatable bonds is 4. The Bertz CT molecular complexity index is 1290. The number of aromatic nitrogens is 1. The van der Waals surface area contributed by atoms with Crippen LogP contribution >= 0.6 is 0 Å². The van der Waals surface area contributed by atoms with Crippen molar-refractivity contribution in [1.29, 1.82) is 0 Å². The monoisotopic (exact) mass is 430 g/mol. The van der Waals surface area contributed by atoms with E-state index < -0.39 is 16.4 Å². The minimum absolute atomic E-state index is 0.174. The lowest BCUT2D eigenvalue weighted by Gasteiger charge is -2.19. The Hall–Kier alpha value is -2.95. The van der Waals surface area contributed by atoms with Crippen LogP contribution in [-0.4, -0.2) is 41.7 Å². The van der Waals surface area contributed by atoms with E-state index in [2.05, 4.69) is 15.5 Å². The summed E-state index contributed by atoms with van der Waals surface area (Å²) < 4.78 is 46.0. The molecular weight excluding hydrogens is 411 g/mol. The second kappa shape index (κ2) is 6.79. The van der Waals surface area contributed by atoms with Gasteiger partial charge in [0, 0.05) is 41.7 Å². The number of hydrazone groups is 1. The summed E-state index contributed by atoms with van der Waals surface area (Å²) in [5.74, 6) is -0.0636. The van der Waals surface area contributed by atoms with Gasteiger partial charge in [-0.05, 0) is 48.4 Å². The van der Waals surface area contributed by atoms with E-state index in [0.29, 0.717) is 11.1 Å². The summed E-state index contributed by atoms with van der Waals surface area (Å²) in [4.78, 5) is 3.34. The lowest BCUT2D eigenvalue weighted by molar-refractivity contribution is -0.0349. The molecule has 2 unspecified atom stereocenters. The van der Waals surface area contributed by atoms with E-state index in [0.717, 1.165) is 16.5 Å². The number of sulfonamides is 1. The maximum atomic E-state index is 13.5. The smallest absolute Gasteiger partial charge is 0.295 e. The Morgan fingerprint density at radius 3 is 2.87 bits per heavy atom. The maximum absolute atomic E-state index is 13.5. The Morgan fingerprint density at radius 2 is 2.10 bits per heavy atom. The molecule has 3 N–H and O–H groups in total. The van der Waals surface area contributed by atoms with Gasteiger partial charge in [0.05, 0.1) is 4.90 Å². The van der Waals surface area contributed by atoms with Crippen molar-refractivity contribution in [3.63, 3.8) is 0 Å². The molecule has 2 aliphatic rings. The summed E-state index contributed by atoms with van der Waals surface area (Å²) in [6.07, 6.45) is 0.839. The van der Waals surface area contributed by atoms with Crippen LogP contribution in [0, 0.1) is 5.82 Å². The van der Waals surface area contributed by atoms with Gasteiger partial charge < -0.3 is 14.8 Å². The highest BCUT2D eigenvalue weighted by molar-refractivity contribution is 7.89. The number of H-pyrrole nitrogens is 1. The van der Waals surface area contributed by atoms with Crippen molar-refractivity contribution < 1.29 is 22.7 Å². The molecule has 0 saturated heterocycles. The van der Waals surface area contributed by atoms with Crippen LogP contribution < -0.4 is 5.43 Å². The van der Waals surface area contributed by atoms with E-state index in [1.54, 1.807) is 24.4 Å². The fourth-order valence-corrected chi connectivity index (χ4v) is 5.93. The quantitative estimate of drug-likeness (QED) is 0.590. The van der Waals surface area contributed by atoms with Gasteiger partial charge in [-0.25, -0.2) is 18.2 Å². The maximum Gasteiger partial charge on any atom is 0.295 e. The van der Waals surface area contributed by atoms with Crippen LogP contribution in [0.5, 0.6) is 0 Å². The topological polar surface area (TPSA) is 107 Å². The number of benzene rings is 2. The summed E-state index contributed by atoms with van der Waals surface area (Å²) in [7, 11) is -3.65. The number of nitrogens with zero attached hydrogens (tertiary/aromatic N) is 2. The number of aromatic amines is 1. The summed E-state index contributed by atoms with van der Waals surface area (Å²) in [6.45, 7) is 2.01. The molecule has 0 radical (unpaired) electrons. The molecule has 1 aromatic heterocycles. The average Bonchev–Trinajstić information content (AvgIpc) is 3.36. The first-order valence-electron chi connectivity index (χ1n) is 9.44.